The number of benzene rings is 5. The maximum absolute atomic E-state index is 11.6. The Kier molecular flexibility index (Phi) is 61.2. The van der Waals surface area contributed by atoms with E-state index in [-0.39, 0.29) is 122 Å². The van der Waals surface area contributed by atoms with E-state index in [2.05, 4.69) is 110 Å². The van der Waals surface area contributed by atoms with Crippen molar-refractivity contribution in [2.24, 2.45) is 11.1 Å². The second kappa shape index (κ2) is 57.8. The molecule has 20 nitrogen and oxygen atoms in total. The normalized spacial score (nSPS) is 11.7. The molecule has 0 spiro atoms. The molecule has 0 aliphatic carbocycles. The average Bonchev–Trinajstić information content (AvgIpc) is 4.25. The number of carbonyl (C=O) groups excluding carboxylic acids is 8. The summed E-state index contributed by atoms with van der Waals surface area (Å²) in [6.45, 7) is 0.972. The third-order valence-electron chi connectivity index (χ3n) is 9.54. The molecule has 7 N–H and O–H groups in total. The van der Waals surface area contributed by atoms with Crippen LogP contribution in [-0.2, 0) is 47.8 Å². The maximum atomic E-state index is 11.6. The number of nitrogens with zero attached hydrogens (tertiary/aromatic N) is 1. The molecule has 1 amide bonds. The van der Waals surface area contributed by atoms with Crippen LogP contribution in [0, 0.1) is 0 Å². The van der Waals surface area contributed by atoms with Gasteiger partial charge >= 0.3 is 70.8 Å². The van der Waals surface area contributed by atoms with Crippen LogP contribution >= 0.6 is 122 Å². The first-order chi connectivity index (χ1) is 39.8. The standard InChI is InChI=1S/C11H12BrNO3.C11H11BrO3.C10H10BrNO.C10H9BrO3.C6H5Br.C4H4O3.C2H4O2.CH4O.Al.4ClH.H3NO.Na/c1-16-11(14)7-6-10(13-15)8-2-4-9(12)5-3-8;1-15-11(14)7-6-10(13)8-2-4-9(12)5-3-8;11-8-3-1-7(2-4-8)9-5-6-10(13)12-9;11-8-3-1-7(2-4-8)9(12)5-6-10(13)14;7-6-4-2-1-3-5-6;5-3-1-2-4(6)7-3;1-2(3)4;1-2;;;;;;1-2;/h2-5,15H,6-7H2,1H3;2-5H,6-7H2,1H3;1-4,9H,5-6H2,(H,12,13);1-4H,5-6H2,(H,13,14);1-5H;1-2H2;1H3,(H,3,4);2H,1H3;;4*1H;2H,1H2;/q;;;;;;;;+3;;;;;;+1/p-4/b13-10-;;;;;;;;;;;;;;. The zero-order chi connectivity index (χ0) is 64.6. The van der Waals surface area contributed by atoms with Gasteiger partial charge in [-0.25, -0.2) is 36.0 Å². The van der Waals surface area contributed by atoms with E-state index in [4.69, 9.17) is 60.7 Å². The number of esters is 4. The summed E-state index contributed by atoms with van der Waals surface area (Å²) in [5.74, 6) is -0.0371. The third-order valence-corrected chi connectivity index (χ3v) is 12.2. The number of oxime groups is 1. The van der Waals surface area contributed by atoms with Gasteiger partial charge < -0.3 is 50.1 Å². The number of ether oxygens (including phenoxy) is 3. The molecule has 2 saturated heterocycles. The fourth-order valence-electron chi connectivity index (χ4n) is 5.72. The number of methoxy groups -OCH3 is 2. The van der Waals surface area contributed by atoms with E-state index in [1.165, 1.54) is 19.8 Å². The Labute approximate surface area is 585 Å². The monoisotopic (exact) mass is 1620 g/mol. The van der Waals surface area contributed by atoms with Crippen LogP contribution in [-0.4, -0.2) is 112 Å². The minimum absolute atomic E-state index is 0. The zero-order valence-corrected chi connectivity index (χ0v) is 61.1. The molecular formula is C55H62AlBr5Cl4N3NaO17. The number of aliphatic carboxylic acids is 2. The van der Waals surface area contributed by atoms with E-state index >= 15 is 0 Å². The van der Waals surface area contributed by atoms with Gasteiger partial charge in [0.25, 0.3) is 0 Å². The molecule has 2 fully saturated rings. The third kappa shape index (κ3) is 51.3. The number of carboxylic acids is 2. The average molecular weight is 1630 g/mol. The van der Waals surface area contributed by atoms with Crippen molar-refractivity contribution in [3.8, 4) is 0 Å². The quantitative estimate of drug-likeness (QED) is 0.00934. The van der Waals surface area contributed by atoms with Gasteiger partial charge in [-0.3, -0.25) is 38.4 Å². The van der Waals surface area contributed by atoms with Crippen molar-refractivity contribution < 1.29 is 113 Å². The largest absolute Gasteiger partial charge is 1.00 e. The SMILES string of the molecule is Brc1ccccc1.CC(=O)[O-].CO.COC(=O)CC/C(=N/O)c1ccc(Br)cc1.COC(=O)CCC(=O)c1ccc(Br)cc1.Cl.NO.O=C(O)CCC(=O)c1ccc(Br)cc1.O=C1CCC(=O)O1.O=C1CCC(c2ccc(Br)cc2)N1.[Cl][Al]([Cl])[Cl].[Na+]. The van der Waals surface area contributed by atoms with E-state index in [9.17, 15) is 38.4 Å². The molecule has 0 aromatic heterocycles. The van der Waals surface area contributed by atoms with E-state index in [0.29, 0.717) is 29.7 Å². The molecule has 5 aromatic rings. The van der Waals surface area contributed by atoms with Crippen molar-refractivity contribution in [3.63, 3.8) is 0 Å². The molecular weight excluding hydrogens is 1570 g/mol. The molecule has 2 heterocycles. The van der Waals surface area contributed by atoms with Gasteiger partial charge in [-0.15, -0.1) is 12.4 Å². The van der Waals surface area contributed by atoms with Gasteiger partial charge in [-0.2, -0.15) is 0 Å². The molecule has 2 aliphatic rings. The van der Waals surface area contributed by atoms with Crippen LogP contribution in [0.15, 0.2) is 155 Å². The minimum Gasteiger partial charge on any atom is -0.550 e. The number of aliphatic hydroxyl groups is 1. The summed E-state index contributed by atoms with van der Waals surface area (Å²) >= 11 is 14.8. The topological polar surface area (TPSA) is 336 Å². The van der Waals surface area contributed by atoms with E-state index in [1.54, 1.807) is 48.5 Å². The molecule has 86 heavy (non-hydrogen) atoms. The molecule has 5 aromatic carbocycles. The Morgan fingerprint density at radius 3 is 1.21 bits per heavy atom. The summed E-state index contributed by atoms with van der Waals surface area (Å²) in [5, 5.41) is 45.8. The van der Waals surface area contributed by atoms with Gasteiger partial charge in [0.15, 0.2) is 11.6 Å². The summed E-state index contributed by atoms with van der Waals surface area (Å²) in [5.41, 5.74) is 3.61. The summed E-state index contributed by atoms with van der Waals surface area (Å²) in [4.78, 5) is 94.8. The fourth-order valence-corrected chi connectivity index (χ4v) is 7.08. The minimum atomic E-state index is -1.72. The Morgan fingerprint density at radius 2 is 0.930 bits per heavy atom. The number of ketones is 2. The summed E-state index contributed by atoms with van der Waals surface area (Å²) in [7, 11) is 18.5. The van der Waals surface area contributed by atoms with Crippen molar-refractivity contribution >= 4 is 193 Å². The number of Topliss-reactive ketones (excluding diaryl/α,β-unsaturated/α-hetero) is 2. The van der Waals surface area contributed by atoms with Gasteiger partial charge in [0.05, 0.1) is 58.1 Å². The van der Waals surface area contributed by atoms with E-state index < -0.39 is 35.3 Å². The van der Waals surface area contributed by atoms with Gasteiger partial charge in [0.2, 0.25) is 5.91 Å². The predicted molar refractivity (Wildman–Crippen MR) is 343 cm³/mol. The first kappa shape index (κ1) is 91.1. The molecule has 1 atom stereocenters. The molecule has 466 valence electrons. The van der Waals surface area contributed by atoms with Crippen LogP contribution in [0.4, 0.5) is 0 Å². The Morgan fingerprint density at radius 1 is 0.605 bits per heavy atom. The number of amides is 1. The van der Waals surface area contributed by atoms with Gasteiger partial charge in [-0.05, 0) is 85.1 Å². The number of hydrogen-bond donors (Lipinski definition) is 6. The molecule has 1 unspecified atom stereocenters. The van der Waals surface area contributed by atoms with Crippen LogP contribution in [0.2, 0.25) is 0 Å². The van der Waals surface area contributed by atoms with Crippen molar-refractivity contribution in [1.29, 1.82) is 0 Å². The van der Waals surface area contributed by atoms with Crippen LogP contribution in [0.1, 0.15) is 109 Å². The fraction of sp³-hybridized carbons (Fsp3) is 0.273. The van der Waals surface area contributed by atoms with Crippen molar-refractivity contribution in [3.05, 3.63) is 172 Å². The maximum Gasteiger partial charge on any atom is 1.00 e. The number of halogens is 9. The summed E-state index contributed by atoms with van der Waals surface area (Å²) in [6.07, 6.45) is 2.90. The molecule has 0 radical (unpaired) electrons. The number of cyclic esters (lactones) is 2. The van der Waals surface area contributed by atoms with Gasteiger partial charge in [0.1, 0.15) is 0 Å². The smallest absolute Gasteiger partial charge is 0.550 e. The van der Waals surface area contributed by atoms with Crippen LogP contribution in [0.25, 0.3) is 0 Å². The number of rotatable bonds is 13. The van der Waals surface area contributed by atoms with Gasteiger partial charge in [0, 0.05) is 72.3 Å². The molecule has 2 aliphatic heterocycles. The Bertz CT molecular complexity index is 2750. The molecule has 0 bridgehead atoms. The molecule has 7 rings (SSSR count). The first-order valence-corrected chi connectivity index (χ1v) is 33.2. The number of aliphatic hydroxyl groups excluding tert-OH is 1. The molecule has 0 saturated carbocycles. The predicted octanol–water partition coefficient (Wildman–Crippen LogP) is 9.17. The zero-order valence-electron chi connectivity index (χ0n) is 46.9. The summed E-state index contributed by atoms with van der Waals surface area (Å²) in [6, 6.07) is 39.5. The van der Waals surface area contributed by atoms with Crippen molar-refractivity contribution in [1.82, 2.24) is 5.32 Å². The Hall–Kier alpha value is -3.63. The second-order valence-electron chi connectivity index (χ2n) is 15.6. The second-order valence-corrected chi connectivity index (χ2v) is 26.6. The van der Waals surface area contributed by atoms with Crippen LogP contribution in [0.5, 0.6) is 0 Å². The number of hydrogen-bond acceptors (Lipinski definition) is 18. The Balaban J connectivity index is -0.000000297. The summed E-state index contributed by atoms with van der Waals surface area (Å²) < 4.78 is 18.0. The first-order valence-electron chi connectivity index (χ1n) is 24.0. The van der Waals surface area contributed by atoms with E-state index in [0.717, 1.165) is 48.4 Å². The van der Waals surface area contributed by atoms with Gasteiger partial charge in [-0.1, -0.05) is 152 Å². The van der Waals surface area contributed by atoms with E-state index in [1.807, 2.05) is 78.9 Å². The van der Waals surface area contributed by atoms with Crippen LogP contribution < -0.4 is 45.9 Å². The number of nitrogens with one attached hydrogen (secondary N) is 1. The number of carboxylic acid groups (broad SMARTS) is 2. The van der Waals surface area contributed by atoms with Crippen molar-refractivity contribution in [2.75, 3.05) is 21.3 Å². The number of nitrogens with two attached hydrogens (primary N) is 1. The van der Waals surface area contributed by atoms with Crippen molar-refractivity contribution in [2.45, 2.75) is 77.2 Å². The number of carbonyl (C=O) groups is 9. The molecule has 31 heteroatoms. The van der Waals surface area contributed by atoms with Crippen LogP contribution in [0.3, 0.4) is 0 Å².